The van der Waals surface area contributed by atoms with E-state index >= 15 is 0 Å². The Hall–Kier alpha value is -0.530. The van der Waals surface area contributed by atoms with E-state index in [4.69, 9.17) is 0 Å². The summed E-state index contributed by atoms with van der Waals surface area (Å²) in [7, 11) is 0. The van der Waals surface area contributed by atoms with Crippen LogP contribution < -0.4 is 5.32 Å². The summed E-state index contributed by atoms with van der Waals surface area (Å²) in [6.45, 7) is 10.2. The van der Waals surface area contributed by atoms with E-state index in [0.29, 0.717) is 28.2 Å². The molecule has 4 fully saturated rings. The Kier molecular flexibility index (Phi) is 3.46. The topological polar surface area (TPSA) is 29.1 Å². The molecule has 0 aromatic rings. The first-order chi connectivity index (χ1) is 10.8. The second-order valence-corrected chi connectivity index (χ2v) is 9.93. The van der Waals surface area contributed by atoms with E-state index < -0.39 is 0 Å². The Balaban J connectivity index is 1.68. The smallest absolute Gasteiger partial charge is 0.220 e. The number of rotatable bonds is 1. The highest BCUT2D eigenvalue weighted by atomic mass is 16.1. The van der Waals surface area contributed by atoms with Gasteiger partial charge in [-0.05, 0) is 78.9 Å². The van der Waals surface area contributed by atoms with Crippen molar-refractivity contribution in [3.05, 3.63) is 0 Å². The van der Waals surface area contributed by atoms with Crippen LogP contribution in [0, 0.1) is 34.0 Å². The van der Waals surface area contributed by atoms with Crippen molar-refractivity contribution in [3.63, 3.8) is 0 Å². The fourth-order valence-corrected chi connectivity index (χ4v) is 7.89. The summed E-state index contributed by atoms with van der Waals surface area (Å²) in [5.41, 5.74) is 1.45. The van der Waals surface area contributed by atoms with E-state index in [9.17, 15) is 4.79 Å². The number of nitrogens with one attached hydrogen (secondary N) is 1. The van der Waals surface area contributed by atoms with Gasteiger partial charge in [0, 0.05) is 12.5 Å². The third-order valence-corrected chi connectivity index (χ3v) is 9.62. The lowest BCUT2D eigenvalue weighted by Crippen LogP contribution is -2.63. The van der Waals surface area contributed by atoms with Crippen LogP contribution in [0.3, 0.4) is 0 Å². The molecule has 4 aliphatic rings. The second-order valence-electron chi connectivity index (χ2n) is 9.93. The number of hydrogen-bond acceptors (Lipinski definition) is 1. The fraction of sp³-hybridized carbons (Fsp3) is 0.952. The molecule has 4 rings (SSSR count). The monoisotopic (exact) mass is 317 g/mol. The molecule has 3 aliphatic carbocycles. The largest absolute Gasteiger partial charge is 0.353 e. The lowest BCUT2D eigenvalue weighted by molar-refractivity contribution is -0.152. The minimum absolute atomic E-state index is 0.296. The van der Waals surface area contributed by atoms with Gasteiger partial charge in [-0.1, -0.05) is 34.1 Å². The van der Waals surface area contributed by atoms with Gasteiger partial charge >= 0.3 is 0 Å². The van der Waals surface area contributed by atoms with Crippen LogP contribution in [0.2, 0.25) is 0 Å². The van der Waals surface area contributed by atoms with Crippen molar-refractivity contribution >= 4 is 5.91 Å². The minimum Gasteiger partial charge on any atom is -0.353 e. The van der Waals surface area contributed by atoms with Crippen molar-refractivity contribution in [1.82, 2.24) is 5.32 Å². The molecule has 23 heavy (non-hydrogen) atoms. The first kappa shape index (κ1) is 16.0. The molecule has 0 aromatic carbocycles. The standard InChI is InChI=1S/C21H35NO/c1-5-14-8-12-21(4)16-6-7-17-19(2,11-10-18(23)22-17)15(16)9-13-20(14,21)3/h14-17H,5-13H2,1-4H3,(H,22,23)/t14?,15?,16?,17?,19-,20-,21?/m1/s1. The molecule has 1 heterocycles. The molecule has 0 radical (unpaired) electrons. The second kappa shape index (κ2) is 4.99. The van der Waals surface area contributed by atoms with Gasteiger partial charge in [0.05, 0.1) is 0 Å². The van der Waals surface area contributed by atoms with E-state index in [0.717, 1.165) is 30.6 Å². The summed E-state index contributed by atoms with van der Waals surface area (Å²) < 4.78 is 0. The van der Waals surface area contributed by atoms with Crippen LogP contribution in [-0.2, 0) is 4.79 Å². The van der Waals surface area contributed by atoms with Crippen LogP contribution in [0.5, 0.6) is 0 Å². The molecule has 2 nitrogen and oxygen atoms in total. The summed E-state index contributed by atoms with van der Waals surface area (Å²) in [6.07, 6.45) is 11.5. The maximum absolute atomic E-state index is 11.9. The van der Waals surface area contributed by atoms with Gasteiger partial charge < -0.3 is 5.32 Å². The zero-order valence-corrected chi connectivity index (χ0v) is 15.6. The van der Waals surface area contributed by atoms with Crippen molar-refractivity contribution in [3.8, 4) is 0 Å². The Morgan fingerprint density at radius 1 is 0.957 bits per heavy atom. The summed E-state index contributed by atoms with van der Waals surface area (Å²) in [5, 5.41) is 3.35. The normalized spacial score (nSPS) is 55.6. The number of fused-ring (bicyclic) bond motifs is 5. The lowest BCUT2D eigenvalue weighted by Gasteiger charge is -2.64. The van der Waals surface area contributed by atoms with Crippen LogP contribution in [0.4, 0.5) is 0 Å². The Morgan fingerprint density at radius 2 is 1.70 bits per heavy atom. The molecule has 1 amide bonds. The molecule has 130 valence electrons. The van der Waals surface area contributed by atoms with E-state index in [2.05, 4.69) is 33.0 Å². The minimum atomic E-state index is 0.296. The molecule has 3 saturated carbocycles. The van der Waals surface area contributed by atoms with Crippen molar-refractivity contribution in [2.45, 2.75) is 91.5 Å². The maximum Gasteiger partial charge on any atom is 0.220 e. The first-order valence-electron chi connectivity index (χ1n) is 10.1. The van der Waals surface area contributed by atoms with Gasteiger partial charge in [-0.3, -0.25) is 4.79 Å². The fourth-order valence-electron chi connectivity index (χ4n) is 7.89. The van der Waals surface area contributed by atoms with Crippen LogP contribution in [0.1, 0.15) is 85.5 Å². The zero-order valence-electron chi connectivity index (χ0n) is 15.6. The predicted molar refractivity (Wildman–Crippen MR) is 93.9 cm³/mol. The van der Waals surface area contributed by atoms with Gasteiger partial charge in [-0.15, -0.1) is 0 Å². The highest BCUT2D eigenvalue weighted by molar-refractivity contribution is 5.77. The molecular formula is C21H35NO. The van der Waals surface area contributed by atoms with Crippen molar-refractivity contribution in [2.75, 3.05) is 0 Å². The summed E-state index contributed by atoms with van der Waals surface area (Å²) >= 11 is 0. The number of hydrogen-bond donors (Lipinski definition) is 1. The van der Waals surface area contributed by atoms with Crippen LogP contribution in [0.15, 0.2) is 0 Å². The highest BCUT2D eigenvalue weighted by Crippen LogP contribution is 2.71. The van der Waals surface area contributed by atoms with Gasteiger partial charge in [0.25, 0.3) is 0 Å². The molecule has 0 bridgehead atoms. The van der Waals surface area contributed by atoms with Gasteiger partial charge in [-0.2, -0.15) is 0 Å². The Bertz CT molecular complexity index is 516. The summed E-state index contributed by atoms with van der Waals surface area (Å²) in [4.78, 5) is 11.9. The highest BCUT2D eigenvalue weighted by Gasteiger charge is 2.65. The third-order valence-electron chi connectivity index (χ3n) is 9.62. The molecule has 0 spiro atoms. The molecule has 5 unspecified atom stereocenters. The van der Waals surface area contributed by atoms with Crippen LogP contribution in [0.25, 0.3) is 0 Å². The molecule has 1 saturated heterocycles. The molecule has 1 aliphatic heterocycles. The van der Waals surface area contributed by atoms with Gasteiger partial charge in [-0.25, -0.2) is 0 Å². The van der Waals surface area contributed by atoms with Crippen molar-refractivity contribution in [2.24, 2.45) is 34.0 Å². The molecule has 7 atom stereocenters. The Morgan fingerprint density at radius 3 is 2.43 bits per heavy atom. The van der Waals surface area contributed by atoms with E-state index in [1.807, 2.05) is 0 Å². The van der Waals surface area contributed by atoms with Crippen LogP contribution >= 0.6 is 0 Å². The predicted octanol–water partition coefficient (Wildman–Crippen LogP) is 4.92. The van der Waals surface area contributed by atoms with E-state index in [1.165, 1.54) is 44.9 Å². The van der Waals surface area contributed by atoms with E-state index in [-0.39, 0.29) is 0 Å². The van der Waals surface area contributed by atoms with Gasteiger partial charge in [0.1, 0.15) is 0 Å². The lowest BCUT2D eigenvalue weighted by atomic mass is 9.42. The van der Waals surface area contributed by atoms with Gasteiger partial charge in [0.15, 0.2) is 0 Å². The summed E-state index contributed by atoms with van der Waals surface area (Å²) in [5.74, 6) is 2.94. The average Bonchev–Trinajstić information content (AvgIpc) is 2.79. The quantitative estimate of drug-likeness (QED) is 0.730. The van der Waals surface area contributed by atoms with Gasteiger partial charge in [0.2, 0.25) is 5.91 Å². The Labute approximate surface area is 142 Å². The van der Waals surface area contributed by atoms with Crippen molar-refractivity contribution in [1.29, 1.82) is 0 Å². The zero-order chi connectivity index (χ0) is 16.5. The number of amides is 1. The van der Waals surface area contributed by atoms with Crippen molar-refractivity contribution < 1.29 is 4.79 Å². The number of piperidine rings is 1. The SMILES string of the molecule is CCC1CCC2(C)C3CCC4NC(=O)CC[C@]4(C)C3CC[C@]12C. The molecule has 2 heteroatoms. The molecular weight excluding hydrogens is 282 g/mol. The van der Waals surface area contributed by atoms with Crippen LogP contribution in [-0.4, -0.2) is 11.9 Å². The average molecular weight is 318 g/mol. The number of carbonyl (C=O) groups excluding carboxylic acids is 1. The maximum atomic E-state index is 11.9. The molecule has 0 aromatic heterocycles. The summed E-state index contributed by atoms with van der Waals surface area (Å²) in [6, 6.07) is 0.446. The third kappa shape index (κ3) is 1.90. The van der Waals surface area contributed by atoms with E-state index in [1.54, 1.807) is 0 Å². The number of carbonyl (C=O) groups is 1. The molecule has 1 N–H and O–H groups in total. The first-order valence-corrected chi connectivity index (χ1v) is 10.1.